The molecule has 0 aliphatic rings. The van der Waals surface area contributed by atoms with E-state index < -0.39 is 11.7 Å². The van der Waals surface area contributed by atoms with Gasteiger partial charge in [0.05, 0.1) is 12.2 Å². The summed E-state index contributed by atoms with van der Waals surface area (Å²) in [5.41, 5.74) is -0.387. The van der Waals surface area contributed by atoms with Gasteiger partial charge in [0.25, 0.3) is 0 Å². The van der Waals surface area contributed by atoms with Gasteiger partial charge in [-0.3, -0.25) is 0 Å². The minimum Gasteiger partial charge on any atom is -0.491 e. The van der Waals surface area contributed by atoms with E-state index in [1.165, 1.54) is 11.9 Å². The summed E-state index contributed by atoms with van der Waals surface area (Å²) in [4.78, 5) is 9.12. The van der Waals surface area contributed by atoms with Crippen molar-refractivity contribution < 1.29 is 22.6 Å². The van der Waals surface area contributed by atoms with Crippen LogP contribution in [0.15, 0.2) is 30.5 Å². The summed E-state index contributed by atoms with van der Waals surface area (Å²) in [6.07, 6.45) is -2.42. The lowest BCUT2D eigenvalue weighted by Gasteiger charge is -2.23. The normalized spacial score (nSPS) is 13.7. The molecule has 0 amide bonds. The zero-order chi connectivity index (χ0) is 20.9. The molecule has 5 nitrogen and oxygen atoms in total. The molecule has 0 fully saturated rings. The van der Waals surface area contributed by atoms with E-state index in [-0.39, 0.29) is 24.0 Å². The highest BCUT2D eigenvalue weighted by molar-refractivity contribution is 5.63. The molecule has 0 aliphatic heterocycles. The van der Waals surface area contributed by atoms with Crippen molar-refractivity contribution in [2.45, 2.75) is 58.9 Å². The second kappa shape index (κ2) is 9.12. The fourth-order valence-electron chi connectivity index (χ4n) is 2.32. The van der Waals surface area contributed by atoms with Crippen molar-refractivity contribution >= 4 is 11.5 Å². The van der Waals surface area contributed by atoms with Crippen molar-refractivity contribution in [1.29, 1.82) is 0 Å². The van der Waals surface area contributed by atoms with Crippen LogP contribution in [0.5, 0.6) is 11.8 Å². The number of anilines is 2. The summed E-state index contributed by atoms with van der Waals surface area (Å²) < 4.78 is 51.6. The summed E-state index contributed by atoms with van der Waals surface area (Å²) in [5.74, 6) is 0.391. The van der Waals surface area contributed by atoms with Crippen LogP contribution in [0.4, 0.5) is 24.7 Å². The Morgan fingerprint density at radius 2 is 1.57 bits per heavy atom. The molecule has 0 spiro atoms. The van der Waals surface area contributed by atoms with Gasteiger partial charge in [0.1, 0.15) is 11.3 Å². The second-order valence-electron chi connectivity index (χ2n) is 6.61. The molecular formula is C20H26F3N3O2. The molecule has 2 rings (SSSR count). The summed E-state index contributed by atoms with van der Waals surface area (Å²) in [5, 5.41) is 0. The second-order valence-corrected chi connectivity index (χ2v) is 6.61. The molecule has 2 unspecified atom stereocenters. The van der Waals surface area contributed by atoms with E-state index in [1.54, 1.807) is 31.2 Å². The van der Waals surface area contributed by atoms with E-state index in [9.17, 15) is 13.2 Å². The lowest BCUT2D eigenvalue weighted by Crippen LogP contribution is -2.20. The third-order valence-electron chi connectivity index (χ3n) is 4.39. The van der Waals surface area contributed by atoms with Crippen LogP contribution in [0.3, 0.4) is 0 Å². The van der Waals surface area contributed by atoms with Crippen LogP contribution < -0.4 is 14.4 Å². The van der Waals surface area contributed by atoms with Gasteiger partial charge in [-0.2, -0.15) is 18.2 Å². The number of aromatic nitrogens is 2. The SMILES string of the molecule is CCC(C)Oc1ccc(N(C)c2nc(OC(C)CC)ncc2C(F)(F)F)cc1. The average molecular weight is 397 g/mol. The number of hydrogen-bond donors (Lipinski definition) is 0. The predicted octanol–water partition coefficient (Wildman–Crippen LogP) is 5.62. The maximum atomic E-state index is 13.5. The Kier molecular flexibility index (Phi) is 7.10. The summed E-state index contributed by atoms with van der Waals surface area (Å²) in [6, 6.07) is 6.75. The average Bonchev–Trinajstić information content (AvgIpc) is 2.66. The van der Waals surface area contributed by atoms with Crippen LogP contribution >= 0.6 is 0 Å². The third kappa shape index (κ3) is 5.50. The maximum Gasteiger partial charge on any atom is 0.421 e. The van der Waals surface area contributed by atoms with Crippen molar-refractivity contribution in [2.75, 3.05) is 11.9 Å². The number of rotatable bonds is 8. The molecule has 28 heavy (non-hydrogen) atoms. The van der Waals surface area contributed by atoms with Crippen LogP contribution in [0.1, 0.15) is 46.1 Å². The van der Waals surface area contributed by atoms with Crippen LogP contribution in [-0.4, -0.2) is 29.2 Å². The van der Waals surface area contributed by atoms with E-state index in [2.05, 4.69) is 9.97 Å². The van der Waals surface area contributed by atoms with Crippen molar-refractivity contribution in [1.82, 2.24) is 9.97 Å². The van der Waals surface area contributed by atoms with Gasteiger partial charge in [-0.05, 0) is 51.0 Å². The number of hydrogen-bond acceptors (Lipinski definition) is 5. The predicted molar refractivity (Wildman–Crippen MR) is 102 cm³/mol. The summed E-state index contributed by atoms with van der Waals surface area (Å²) in [7, 11) is 1.52. The Bertz CT molecular complexity index is 766. The molecular weight excluding hydrogens is 371 g/mol. The van der Waals surface area contributed by atoms with Crippen molar-refractivity contribution in [3.8, 4) is 11.8 Å². The fourth-order valence-corrected chi connectivity index (χ4v) is 2.32. The number of benzene rings is 1. The highest BCUT2D eigenvalue weighted by Gasteiger charge is 2.37. The quantitative estimate of drug-likeness (QED) is 0.579. The highest BCUT2D eigenvalue weighted by Crippen LogP contribution is 2.38. The number of alkyl halides is 3. The third-order valence-corrected chi connectivity index (χ3v) is 4.39. The van der Waals surface area contributed by atoms with Gasteiger partial charge in [0, 0.05) is 18.9 Å². The molecule has 0 N–H and O–H groups in total. The topological polar surface area (TPSA) is 47.5 Å². The van der Waals surface area contributed by atoms with E-state index in [1.807, 2.05) is 20.8 Å². The van der Waals surface area contributed by atoms with Gasteiger partial charge < -0.3 is 14.4 Å². The van der Waals surface area contributed by atoms with Crippen molar-refractivity contribution in [2.24, 2.45) is 0 Å². The molecule has 0 aliphatic carbocycles. The molecule has 0 saturated heterocycles. The Morgan fingerprint density at radius 3 is 2.11 bits per heavy atom. The lowest BCUT2D eigenvalue weighted by molar-refractivity contribution is -0.137. The first-order valence-corrected chi connectivity index (χ1v) is 9.27. The van der Waals surface area contributed by atoms with Crippen LogP contribution in [0, 0.1) is 0 Å². The van der Waals surface area contributed by atoms with Gasteiger partial charge in [-0.1, -0.05) is 13.8 Å². The smallest absolute Gasteiger partial charge is 0.421 e. The van der Waals surface area contributed by atoms with E-state index in [0.717, 1.165) is 12.6 Å². The van der Waals surface area contributed by atoms with Gasteiger partial charge >= 0.3 is 12.2 Å². The van der Waals surface area contributed by atoms with Crippen molar-refractivity contribution in [3.63, 3.8) is 0 Å². The summed E-state index contributed by atoms with van der Waals surface area (Å²) in [6.45, 7) is 7.68. The molecule has 2 atom stereocenters. The standard InChI is InChI=1S/C20H26F3N3O2/c1-6-13(3)27-16-10-8-15(9-11-16)26(5)18-17(20(21,22)23)12-24-19(25-18)28-14(4)7-2/h8-14H,6-7H2,1-5H3. The zero-order valence-corrected chi connectivity index (χ0v) is 16.7. The first-order chi connectivity index (χ1) is 13.2. The largest absolute Gasteiger partial charge is 0.491 e. The molecule has 0 radical (unpaired) electrons. The monoisotopic (exact) mass is 397 g/mol. The molecule has 2 aromatic rings. The van der Waals surface area contributed by atoms with Crippen LogP contribution in [0.25, 0.3) is 0 Å². The minimum absolute atomic E-state index is 0.0579. The Labute approximate surface area is 163 Å². The van der Waals surface area contributed by atoms with E-state index in [0.29, 0.717) is 17.9 Å². The molecule has 0 bridgehead atoms. The van der Waals surface area contributed by atoms with E-state index >= 15 is 0 Å². The molecule has 1 aromatic heterocycles. The Balaban J connectivity index is 2.36. The maximum absolute atomic E-state index is 13.5. The molecule has 0 saturated carbocycles. The minimum atomic E-state index is -4.59. The van der Waals surface area contributed by atoms with Crippen molar-refractivity contribution in [3.05, 3.63) is 36.0 Å². The number of ether oxygens (including phenoxy) is 2. The van der Waals surface area contributed by atoms with Gasteiger partial charge in [-0.15, -0.1) is 0 Å². The van der Waals surface area contributed by atoms with Gasteiger partial charge in [0.15, 0.2) is 5.82 Å². The first kappa shape index (κ1) is 21.8. The Hall–Kier alpha value is -2.51. The van der Waals surface area contributed by atoms with Crippen LogP contribution in [-0.2, 0) is 6.18 Å². The highest BCUT2D eigenvalue weighted by atomic mass is 19.4. The molecule has 1 aromatic carbocycles. The number of halogens is 3. The molecule has 1 heterocycles. The fraction of sp³-hybridized carbons (Fsp3) is 0.500. The molecule has 8 heteroatoms. The van der Waals surface area contributed by atoms with Gasteiger partial charge in [-0.25, -0.2) is 4.98 Å². The summed E-state index contributed by atoms with van der Waals surface area (Å²) >= 11 is 0. The lowest BCUT2D eigenvalue weighted by atomic mass is 10.2. The first-order valence-electron chi connectivity index (χ1n) is 9.27. The van der Waals surface area contributed by atoms with E-state index in [4.69, 9.17) is 9.47 Å². The number of nitrogens with zero attached hydrogens (tertiary/aromatic N) is 3. The Morgan fingerprint density at radius 1 is 1.00 bits per heavy atom. The van der Waals surface area contributed by atoms with Crippen LogP contribution in [0.2, 0.25) is 0 Å². The van der Waals surface area contributed by atoms with Gasteiger partial charge in [0.2, 0.25) is 0 Å². The molecule has 154 valence electrons. The zero-order valence-electron chi connectivity index (χ0n) is 16.7.